The molecule has 2 aromatic heterocycles. The van der Waals surface area contributed by atoms with Crippen LogP contribution in [0, 0.1) is 5.82 Å². The molecule has 0 saturated heterocycles. The summed E-state index contributed by atoms with van der Waals surface area (Å²) in [5.74, 6) is -0.843. The molecule has 0 aliphatic heterocycles. The topological polar surface area (TPSA) is 79.8 Å². The molecule has 0 unspecified atom stereocenters. The smallest absolute Gasteiger partial charge is 0.267 e. The van der Waals surface area contributed by atoms with Crippen molar-refractivity contribution in [1.29, 1.82) is 0 Å². The van der Waals surface area contributed by atoms with Crippen LogP contribution in [-0.2, 0) is 11.3 Å². The van der Waals surface area contributed by atoms with E-state index in [1.807, 2.05) is 24.4 Å². The fraction of sp³-hybridized carbons (Fsp3) is 0.0500. The number of nitrogens with one attached hydrogen (secondary N) is 2. The Morgan fingerprint density at radius 1 is 1.11 bits per heavy atom. The number of fused-ring (bicyclic) bond motifs is 1. The van der Waals surface area contributed by atoms with Crippen molar-refractivity contribution < 1.29 is 9.18 Å². The van der Waals surface area contributed by atoms with Gasteiger partial charge in [0, 0.05) is 34.4 Å². The fourth-order valence-corrected chi connectivity index (χ4v) is 2.84. The number of halogens is 1. The zero-order valence-electron chi connectivity index (χ0n) is 14.1. The summed E-state index contributed by atoms with van der Waals surface area (Å²) in [7, 11) is 0. The van der Waals surface area contributed by atoms with Crippen LogP contribution in [0.1, 0.15) is 0 Å². The van der Waals surface area contributed by atoms with Gasteiger partial charge in [-0.25, -0.2) is 9.07 Å². The second-order valence-corrected chi connectivity index (χ2v) is 6.02. The molecule has 0 aliphatic carbocycles. The van der Waals surface area contributed by atoms with Crippen molar-refractivity contribution in [2.24, 2.45) is 0 Å². The highest BCUT2D eigenvalue weighted by Gasteiger charge is 2.11. The Hall–Kier alpha value is -3.74. The predicted octanol–water partition coefficient (Wildman–Crippen LogP) is 3.17. The molecular weight excluding hydrogens is 347 g/mol. The molecule has 2 N–H and O–H groups in total. The Bertz CT molecular complexity index is 1200. The Labute approximate surface area is 153 Å². The zero-order valence-corrected chi connectivity index (χ0v) is 14.1. The number of carbonyl (C=O) groups is 1. The largest absolute Gasteiger partial charge is 0.361 e. The van der Waals surface area contributed by atoms with Crippen LogP contribution in [0.25, 0.3) is 22.2 Å². The van der Waals surface area contributed by atoms with Crippen molar-refractivity contribution in [2.75, 3.05) is 5.32 Å². The lowest BCUT2D eigenvalue weighted by atomic mass is 10.1. The third-order valence-electron chi connectivity index (χ3n) is 4.15. The number of nitrogens with zero attached hydrogens (tertiary/aromatic N) is 2. The molecule has 1 amide bonds. The first kappa shape index (κ1) is 16.7. The van der Waals surface area contributed by atoms with E-state index in [0.717, 1.165) is 15.6 Å². The van der Waals surface area contributed by atoms with Gasteiger partial charge in [-0.15, -0.1) is 0 Å². The minimum absolute atomic E-state index is 0.268. The third kappa shape index (κ3) is 3.48. The number of benzene rings is 2. The summed E-state index contributed by atoms with van der Waals surface area (Å²) < 4.78 is 15.0. The van der Waals surface area contributed by atoms with Gasteiger partial charge in [0.2, 0.25) is 5.91 Å². The standard InChI is InChI=1S/C20H15FN4O2/c21-16-4-2-1-3-15(16)18-7-8-20(27)25(24-18)12-19(26)23-14-5-6-17-13(11-14)9-10-22-17/h1-11,22H,12H2,(H,23,26). The lowest BCUT2D eigenvalue weighted by Crippen LogP contribution is -2.29. The number of aromatic nitrogens is 3. The number of anilines is 1. The first-order valence-electron chi connectivity index (χ1n) is 8.30. The van der Waals surface area contributed by atoms with Gasteiger partial charge in [-0.05, 0) is 42.5 Å². The highest BCUT2D eigenvalue weighted by Crippen LogP contribution is 2.19. The van der Waals surface area contributed by atoms with Gasteiger partial charge < -0.3 is 10.3 Å². The van der Waals surface area contributed by atoms with Crippen LogP contribution in [0.3, 0.4) is 0 Å². The van der Waals surface area contributed by atoms with E-state index in [1.54, 1.807) is 24.3 Å². The first-order valence-corrected chi connectivity index (χ1v) is 8.30. The number of H-pyrrole nitrogens is 1. The first-order chi connectivity index (χ1) is 13.1. The maximum Gasteiger partial charge on any atom is 0.267 e. The molecular formula is C20H15FN4O2. The molecule has 0 bridgehead atoms. The highest BCUT2D eigenvalue weighted by molar-refractivity contribution is 5.93. The van der Waals surface area contributed by atoms with E-state index in [0.29, 0.717) is 5.69 Å². The van der Waals surface area contributed by atoms with Gasteiger partial charge in [0.05, 0.1) is 5.69 Å². The van der Waals surface area contributed by atoms with Gasteiger partial charge in [-0.1, -0.05) is 12.1 Å². The van der Waals surface area contributed by atoms with E-state index >= 15 is 0 Å². The van der Waals surface area contributed by atoms with E-state index in [9.17, 15) is 14.0 Å². The van der Waals surface area contributed by atoms with Crippen molar-refractivity contribution in [3.63, 3.8) is 0 Å². The summed E-state index contributed by atoms with van der Waals surface area (Å²) in [6.45, 7) is -0.272. The molecule has 0 radical (unpaired) electrons. The molecule has 0 aliphatic rings. The van der Waals surface area contributed by atoms with Crippen molar-refractivity contribution in [3.8, 4) is 11.3 Å². The zero-order chi connectivity index (χ0) is 18.8. The van der Waals surface area contributed by atoms with Gasteiger partial charge in [0.25, 0.3) is 5.56 Å². The van der Waals surface area contributed by atoms with Crippen molar-refractivity contribution in [3.05, 3.63) is 83.0 Å². The van der Waals surface area contributed by atoms with Crippen LogP contribution < -0.4 is 10.9 Å². The van der Waals surface area contributed by atoms with Crippen LogP contribution in [-0.4, -0.2) is 20.7 Å². The van der Waals surface area contributed by atoms with Gasteiger partial charge >= 0.3 is 0 Å². The average Bonchev–Trinajstić information content (AvgIpc) is 3.12. The van der Waals surface area contributed by atoms with E-state index in [-0.39, 0.29) is 17.8 Å². The summed E-state index contributed by atoms with van der Waals surface area (Å²) >= 11 is 0. The second-order valence-electron chi connectivity index (χ2n) is 6.02. The Morgan fingerprint density at radius 2 is 1.96 bits per heavy atom. The summed E-state index contributed by atoms with van der Waals surface area (Å²) in [4.78, 5) is 27.4. The molecule has 2 heterocycles. The lowest BCUT2D eigenvalue weighted by molar-refractivity contribution is -0.117. The summed E-state index contributed by atoms with van der Waals surface area (Å²) in [5.41, 5.74) is 1.69. The number of amides is 1. The summed E-state index contributed by atoms with van der Waals surface area (Å²) in [5, 5.41) is 7.83. The number of carbonyl (C=O) groups excluding carboxylic acids is 1. The predicted molar refractivity (Wildman–Crippen MR) is 101 cm³/mol. The van der Waals surface area contributed by atoms with E-state index in [2.05, 4.69) is 15.4 Å². The molecule has 2 aromatic carbocycles. The molecule has 4 rings (SSSR count). The molecule has 6 nitrogen and oxygen atoms in total. The Kier molecular flexibility index (Phi) is 4.25. The van der Waals surface area contributed by atoms with E-state index < -0.39 is 17.3 Å². The maximum atomic E-state index is 13.9. The summed E-state index contributed by atoms with van der Waals surface area (Å²) in [6.07, 6.45) is 1.81. The number of hydrogen-bond acceptors (Lipinski definition) is 3. The molecule has 7 heteroatoms. The quantitative estimate of drug-likeness (QED) is 0.585. The minimum atomic E-state index is -0.445. The van der Waals surface area contributed by atoms with Crippen molar-refractivity contribution in [2.45, 2.75) is 6.54 Å². The molecule has 4 aromatic rings. The third-order valence-corrected chi connectivity index (χ3v) is 4.15. The van der Waals surface area contributed by atoms with Gasteiger partial charge in [-0.2, -0.15) is 5.10 Å². The van der Waals surface area contributed by atoms with Gasteiger partial charge in [-0.3, -0.25) is 9.59 Å². The molecule has 27 heavy (non-hydrogen) atoms. The van der Waals surface area contributed by atoms with Gasteiger partial charge in [0.1, 0.15) is 12.4 Å². The van der Waals surface area contributed by atoms with Crippen molar-refractivity contribution in [1.82, 2.24) is 14.8 Å². The minimum Gasteiger partial charge on any atom is -0.361 e. The van der Waals surface area contributed by atoms with Crippen molar-refractivity contribution >= 4 is 22.5 Å². The van der Waals surface area contributed by atoms with Crippen LogP contribution in [0.5, 0.6) is 0 Å². The average molecular weight is 362 g/mol. The Balaban J connectivity index is 1.56. The Morgan fingerprint density at radius 3 is 2.81 bits per heavy atom. The lowest BCUT2D eigenvalue weighted by Gasteiger charge is -2.09. The van der Waals surface area contributed by atoms with E-state index in [1.165, 1.54) is 18.2 Å². The molecule has 0 spiro atoms. The molecule has 0 saturated carbocycles. The number of rotatable bonds is 4. The van der Waals surface area contributed by atoms with E-state index in [4.69, 9.17) is 0 Å². The fourth-order valence-electron chi connectivity index (χ4n) is 2.84. The number of hydrogen-bond donors (Lipinski definition) is 2. The molecule has 0 fully saturated rings. The molecule has 0 atom stereocenters. The second kappa shape index (κ2) is 6.87. The molecule has 134 valence electrons. The normalized spacial score (nSPS) is 10.9. The van der Waals surface area contributed by atoms with Gasteiger partial charge in [0.15, 0.2) is 0 Å². The SMILES string of the molecule is O=C(Cn1nc(-c2ccccc2F)ccc1=O)Nc1ccc2[nH]ccc2c1. The van der Waals surface area contributed by atoms with Crippen LogP contribution in [0.4, 0.5) is 10.1 Å². The van der Waals surface area contributed by atoms with Crippen LogP contribution >= 0.6 is 0 Å². The summed E-state index contributed by atoms with van der Waals surface area (Å²) in [6, 6.07) is 16.2. The number of aromatic amines is 1. The van der Waals surface area contributed by atoms with Crippen LogP contribution in [0.15, 0.2) is 71.7 Å². The monoisotopic (exact) mass is 362 g/mol. The maximum absolute atomic E-state index is 13.9. The highest BCUT2D eigenvalue weighted by atomic mass is 19.1. The van der Waals surface area contributed by atoms with Crippen LogP contribution in [0.2, 0.25) is 0 Å².